The van der Waals surface area contributed by atoms with E-state index >= 15 is 0 Å². The summed E-state index contributed by atoms with van der Waals surface area (Å²) < 4.78 is 44.5. The second-order valence-corrected chi connectivity index (χ2v) is 7.18. The van der Waals surface area contributed by atoms with Gasteiger partial charge in [-0.2, -0.15) is 4.31 Å². The largest absolute Gasteiger partial charge is 0.464 e. The third-order valence-electron chi connectivity index (χ3n) is 4.17. The van der Waals surface area contributed by atoms with Crippen LogP contribution in [0.1, 0.15) is 44.2 Å². The van der Waals surface area contributed by atoms with Crippen molar-refractivity contribution in [3.63, 3.8) is 0 Å². The molecule has 0 aliphatic carbocycles. The van der Waals surface area contributed by atoms with Gasteiger partial charge in [0.15, 0.2) is 0 Å². The summed E-state index contributed by atoms with van der Waals surface area (Å²) in [5, 5.41) is 9.40. The quantitative estimate of drug-likeness (QED) is 0.835. The Morgan fingerprint density at radius 3 is 2.54 bits per heavy atom. The van der Waals surface area contributed by atoms with Crippen LogP contribution in [0.15, 0.2) is 24.3 Å². The van der Waals surface area contributed by atoms with Gasteiger partial charge in [-0.3, -0.25) is 4.18 Å². The van der Waals surface area contributed by atoms with Crippen LogP contribution in [0.3, 0.4) is 0 Å². The molecule has 1 N–H and O–H groups in total. The van der Waals surface area contributed by atoms with Crippen molar-refractivity contribution in [1.82, 2.24) is 4.31 Å². The van der Waals surface area contributed by atoms with Gasteiger partial charge in [0.25, 0.3) is 17.2 Å². The smallest absolute Gasteiger partial charge is 0.421 e. The van der Waals surface area contributed by atoms with Crippen molar-refractivity contribution in [2.24, 2.45) is 0 Å². The van der Waals surface area contributed by atoms with E-state index < -0.39 is 28.8 Å². The summed E-state index contributed by atoms with van der Waals surface area (Å²) in [5.74, 6) is -2.93. The van der Waals surface area contributed by atoms with Gasteiger partial charge < -0.3 is 5.11 Å². The maximum atomic E-state index is 13.3. The Balaban J connectivity index is 2.29. The maximum absolute atomic E-state index is 13.3. The normalized spacial score (nSPS) is 24.3. The van der Waals surface area contributed by atoms with E-state index in [2.05, 4.69) is 0 Å². The summed E-state index contributed by atoms with van der Waals surface area (Å²) in [4.78, 5) is 11.5. The molecule has 1 saturated heterocycles. The fourth-order valence-electron chi connectivity index (χ4n) is 2.88. The van der Waals surface area contributed by atoms with Gasteiger partial charge >= 0.3 is 6.09 Å². The van der Waals surface area contributed by atoms with Crippen molar-refractivity contribution in [1.29, 1.82) is 0 Å². The molecular formula is C16H21F2NO4S. The molecule has 1 unspecified atom stereocenters. The zero-order chi connectivity index (χ0) is 18.0. The van der Waals surface area contributed by atoms with Gasteiger partial charge in [0, 0.05) is 12.5 Å². The van der Waals surface area contributed by atoms with Crippen molar-refractivity contribution >= 4 is 17.4 Å². The maximum Gasteiger partial charge on any atom is 0.421 e. The topological polar surface area (TPSA) is 66.8 Å². The SMILES string of the molecule is CCCCC1(Cc2ccc(C(C)(F)F)cc2)CO[S@](=O)N1C(=O)O. The lowest BCUT2D eigenvalue weighted by Gasteiger charge is -2.33. The van der Waals surface area contributed by atoms with Crippen LogP contribution in [-0.2, 0) is 27.8 Å². The fourth-order valence-corrected chi connectivity index (χ4v) is 3.96. The van der Waals surface area contributed by atoms with Gasteiger partial charge in [-0.05, 0) is 18.4 Å². The van der Waals surface area contributed by atoms with Crippen molar-refractivity contribution in [3.8, 4) is 0 Å². The third-order valence-corrected chi connectivity index (χ3v) is 5.33. The predicted molar refractivity (Wildman–Crippen MR) is 85.9 cm³/mol. The number of carboxylic acid groups (broad SMARTS) is 1. The van der Waals surface area contributed by atoms with Crippen LogP contribution >= 0.6 is 0 Å². The van der Waals surface area contributed by atoms with Crippen LogP contribution in [0.4, 0.5) is 13.6 Å². The van der Waals surface area contributed by atoms with E-state index in [1.807, 2.05) is 6.92 Å². The fraction of sp³-hybridized carbons (Fsp3) is 0.562. The number of hydrogen-bond acceptors (Lipinski definition) is 3. The van der Waals surface area contributed by atoms with E-state index in [1.165, 1.54) is 12.1 Å². The van der Waals surface area contributed by atoms with Crippen LogP contribution in [-0.4, -0.2) is 31.9 Å². The lowest BCUT2D eigenvalue weighted by atomic mass is 9.86. The molecule has 1 aliphatic heterocycles. The molecule has 1 heterocycles. The Morgan fingerprint density at radius 1 is 1.42 bits per heavy atom. The number of carbonyl (C=O) groups is 1. The summed E-state index contributed by atoms with van der Waals surface area (Å²) in [7, 11) is 0. The number of benzene rings is 1. The zero-order valence-corrected chi connectivity index (χ0v) is 14.4. The molecule has 1 aliphatic rings. The van der Waals surface area contributed by atoms with E-state index in [1.54, 1.807) is 12.1 Å². The lowest BCUT2D eigenvalue weighted by Crippen LogP contribution is -2.50. The number of amides is 1. The first-order valence-corrected chi connectivity index (χ1v) is 8.78. The van der Waals surface area contributed by atoms with E-state index in [4.69, 9.17) is 4.18 Å². The number of nitrogens with zero attached hydrogens (tertiary/aromatic N) is 1. The highest BCUT2D eigenvalue weighted by molar-refractivity contribution is 7.78. The molecule has 0 aromatic heterocycles. The molecule has 0 radical (unpaired) electrons. The lowest BCUT2D eigenvalue weighted by molar-refractivity contribution is 0.0174. The van der Waals surface area contributed by atoms with Crippen LogP contribution in [0.2, 0.25) is 0 Å². The van der Waals surface area contributed by atoms with Crippen molar-refractivity contribution in [2.75, 3.05) is 6.61 Å². The molecule has 2 atom stereocenters. The Hall–Kier alpha value is -1.54. The number of unbranched alkanes of at least 4 members (excludes halogenated alkanes) is 1. The number of alkyl halides is 2. The third kappa shape index (κ3) is 3.92. The molecule has 1 aromatic carbocycles. The molecule has 1 amide bonds. The Bertz CT molecular complexity index is 617. The molecule has 2 rings (SSSR count). The van der Waals surface area contributed by atoms with Crippen LogP contribution < -0.4 is 0 Å². The molecular weight excluding hydrogens is 340 g/mol. The summed E-state index contributed by atoms with van der Waals surface area (Å²) in [6.07, 6.45) is 1.05. The van der Waals surface area contributed by atoms with Crippen LogP contribution in [0.25, 0.3) is 0 Å². The first-order chi connectivity index (χ1) is 11.2. The first kappa shape index (κ1) is 18.8. The van der Waals surface area contributed by atoms with E-state index in [0.717, 1.165) is 24.1 Å². The Morgan fingerprint density at radius 2 is 2.04 bits per heavy atom. The summed E-state index contributed by atoms with van der Waals surface area (Å²) in [5.41, 5.74) is -0.341. The molecule has 1 aromatic rings. The highest BCUT2D eigenvalue weighted by Gasteiger charge is 2.49. The van der Waals surface area contributed by atoms with E-state index in [-0.39, 0.29) is 18.6 Å². The average Bonchev–Trinajstić information content (AvgIpc) is 2.82. The predicted octanol–water partition coefficient (Wildman–Crippen LogP) is 3.86. The van der Waals surface area contributed by atoms with Gasteiger partial charge in [-0.1, -0.05) is 44.0 Å². The number of rotatable bonds is 6. The van der Waals surface area contributed by atoms with Crippen LogP contribution in [0, 0.1) is 0 Å². The molecule has 0 saturated carbocycles. The van der Waals surface area contributed by atoms with Crippen molar-refractivity contribution in [2.45, 2.75) is 51.0 Å². The van der Waals surface area contributed by atoms with Crippen molar-refractivity contribution in [3.05, 3.63) is 35.4 Å². The van der Waals surface area contributed by atoms with E-state index in [9.17, 15) is 22.9 Å². The second-order valence-electron chi connectivity index (χ2n) is 6.15. The molecule has 5 nitrogen and oxygen atoms in total. The van der Waals surface area contributed by atoms with Gasteiger partial charge in [-0.15, -0.1) is 0 Å². The monoisotopic (exact) mass is 361 g/mol. The summed E-state index contributed by atoms with van der Waals surface area (Å²) in [6, 6.07) is 5.78. The minimum Gasteiger partial charge on any atom is -0.464 e. The van der Waals surface area contributed by atoms with Gasteiger partial charge in [-0.25, -0.2) is 17.8 Å². The summed E-state index contributed by atoms with van der Waals surface area (Å²) >= 11 is -2.04. The molecule has 24 heavy (non-hydrogen) atoms. The standard InChI is InChI=1S/C16H21F2NO4S/c1-3-4-9-16(11-23-24(22)19(16)14(20)21)10-12-5-7-13(8-6-12)15(2,17)18/h5-8H,3-4,9-11H2,1-2H3,(H,20,21)/t16?,24-/m0/s1. The van der Waals surface area contributed by atoms with E-state index in [0.29, 0.717) is 12.0 Å². The molecule has 1 fully saturated rings. The highest BCUT2D eigenvalue weighted by atomic mass is 32.2. The minimum atomic E-state index is -2.93. The number of hydrogen-bond donors (Lipinski definition) is 1. The van der Waals surface area contributed by atoms with Gasteiger partial charge in [0.05, 0.1) is 12.1 Å². The minimum absolute atomic E-state index is 0.0254. The average molecular weight is 361 g/mol. The first-order valence-electron chi connectivity index (χ1n) is 7.75. The van der Waals surface area contributed by atoms with Crippen molar-refractivity contribution < 1.29 is 27.1 Å². The number of halogens is 2. The zero-order valence-electron chi connectivity index (χ0n) is 13.6. The van der Waals surface area contributed by atoms with Crippen LogP contribution in [0.5, 0.6) is 0 Å². The Labute approximate surface area is 142 Å². The molecule has 0 bridgehead atoms. The van der Waals surface area contributed by atoms with Gasteiger partial charge in [0.1, 0.15) is 0 Å². The summed E-state index contributed by atoms with van der Waals surface area (Å²) in [6.45, 7) is 2.83. The highest BCUT2D eigenvalue weighted by Crippen LogP contribution is 2.35. The molecule has 8 heteroatoms. The molecule has 134 valence electrons. The van der Waals surface area contributed by atoms with Gasteiger partial charge in [0.2, 0.25) is 0 Å². The Kier molecular flexibility index (Phi) is 5.59. The molecule has 0 spiro atoms. The second kappa shape index (κ2) is 7.14.